The maximum atomic E-state index is 10.8. The minimum absolute atomic E-state index is 0.0278. The molecule has 0 aliphatic carbocycles. The number of aromatic nitrogens is 1. The van der Waals surface area contributed by atoms with E-state index in [0.717, 1.165) is 11.3 Å². The van der Waals surface area contributed by atoms with Gasteiger partial charge in [-0.3, -0.25) is 0 Å². The fourth-order valence-corrected chi connectivity index (χ4v) is 1.48. The van der Waals surface area contributed by atoms with Crippen molar-refractivity contribution < 1.29 is 14.6 Å². The average Bonchev–Trinajstić information content (AvgIpc) is 2.38. The third kappa shape index (κ3) is 3.07. The molecule has 1 heterocycles. The summed E-state index contributed by atoms with van der Waals surface area (Å²) in [5.41, 5.74) is 1.97. The molecule has 18 heavy (non-hydrogen) atoms. The fourth-order valence-electron chi connectivity index (χ4n) is 1.48. The molecule has 0 aliphatic rings. The fraction of sp³-hybridized carbons (Fsp3) is 0.143. The zero-order chi connectivity index (χ0) is 13.0. The summed E-state index contributed by atoms with van der Waals surface area (Å²) >= 11 is 0. The molecule has 0 saturated heterocycles. The number of nitrogens with zero attached hydrogens (tertiary/aromatic N) is 1. The van der Waals surface area contributed by atoms with Crippen LogP contribution in [-0.4, -0.2) is 16.1 Å². The molecule has 1 aromatic heterocycles. The molecule has 2 aromatic rings. The Morgan fingerprint density at radius 2 is 2.00 bits per heavy atom. The molecule has 92 valence electrons. The molecule has 4 heteroatoms. The molecule has 1 aromatic carbocycles. The number of rotatable bonds is 4. The van der Waals surface area contributed by atoms with Crippen LogP contribution in [0.15, 0.2) is 42.6 Å². The van der Waals surface area contributed by atoms with Crippen molar-refractivity contribution in [3.8, 4) is 5.75 Å². The molecular formula is C14H13NO3. The van der Waals surface area contributed by atoms with E-state index in [1.54, 1.807) is 6.07 Å². The molecule has 0 aliphatic heterocycles. The van der Waals surface area contributed by atoms with E-state index in [1.807, 2.05) is 31.2 Å². The number of carboxylic acid groups (broad SMARTS) is 1. The first-order valence-electron chi connectivity index (χ1n) is 5.53. The van der Waals surface area contributed by atoms with Gasteiger partial charge < -0.3 is 9.84 Å². The van der Waals surface area contributed by atoms with Gasteiger partial charge in [-0.25, -0.2) is 9.78 Å². The van der Waals surface area contributed by atoms with E-state index in [-0.39, 0.29) is 5.69 Å². The quantitative estimate of drug-likeness (QED) is 0.896. The van der Waals surface area contributed by atoms with Gasteiger partial charge in [-0.2, -0.15) is 0 Å². The zero-order valence-corrected chi connectivity index (χ0v) is 9.96. The van der Waals surface area contributed by atoms with Crippen LogP contribution in [0.25, 0.3) is 0 Å². The number of hydrogen-bond acceptors (Lipinski definition) is 3. The largest absolute Gasteiger partial charge is 0.489 e. The monoisotopic (exact) mass is 243 g/mol. The van der Waals surface area contributed by atoms with Gasteiger partial charge in [-0.15, -0.1) is 0 Å². The highest BCUT2D eigenvalue weighted by Crippen LogP contribution is 2.13. The summed E-state index contributed by atoms with van der Waals surface area (Å²) in [7, 11) is 0. The van der Waals surface area contributed by atoms with Gasteiger partial charge in [0.15, 0.2) is 0 Å². The van der Waals surface area contributed by atoms with Gasteiger partial charge in [0.2, 0.25) is 0 Å². The van der Waals surface area contributed by atoms with Crippen LogP contribution in [0, 0.1) is 6.92 Å². The molecule has 0 unspecified atom stereocenters. The van der Waals surface area contributed by atoms with Gasteiger partial charge in [-0.05, 0) is 36.8 Å². The van der Waals surface area contributed by atoms with Crippen molar-refractivity contribution in [3.63, 3.8) is 0 Å². The second-order valence-corrected chi connectivity index (χ2v) is 3.96. The summed E-state index contributed by atoms with van der Waals surface area (Å²) < 4.78 is 5.56. The molecular weight excluding hydrogens is 230 g/mol. The Bertz CT molecular complexity index is 549. The van der Waals surface area contributed by atoms with Crippen molar-refractivity contribution in [2.45, 2.75) is 13.5 Å². The van der Waals surface area contributed by atoms with Crippen molar-refractivity contribution in [1.29, 1.82) is 0 Å². The van der Waals surface area contributed by atoms with E-state index in [1.165, 1.54) is 17.8 Å². The third-order valence-corrected chi connectivity index (χ3v) is 2.47. The Hall–Kier alpha value is -2.36. The topological polar surface area (TPSA) is 59.4 Å². The number of aryl methyl sites for hydroxylation is 1. The van der Waals surface area contributed by atoms with E-state index in [2.05, 4.69) is 4.98 Å². The van der Waals surface area contributed by atoms with Gasteiger partial charge >= 0.3 is 5.97 Å². The van der Waals surface area contributed by atoms with Gasteiger partial charge in [-0.1, -0.05) is 17.7 Å². The molecule has 1 N–H and O–H groups in total. The average molecular weight is 243 g/mol. The predicted octanol–water partition coefficient (Wildman–Crippen LogP) is 2.67. The number of hydrogen-bond donors (Lipinski definition) is 1. The van der Waals surface area contributed by atoms with Crippen molar-refractivity contribution in [1.82, 2.24) is 4.98 Å². The van der Waals surface area contributed by atoms with E-state index >= 15 is 0 Å². The second-order valence-electron chi connectivity index (χ2n) is 3.96. The van der Waals surface area contributed by atoms with Crippen molar-refractivity contribution in [2.24, 2.45) is 0 Å². The Labute approximate surface area is 105 Å². The molecule has 0 fully saturated rings. The van der Waals surface area contributed by atoms with Crippen LogP contribution in [-0.2, 0) is 6.61 Å². The van der Waals surface area contributed by atoms with Crippen molar-refractivity contribution in [3.05, 3.63) is 59.4 Å². The smallest absolute Gasteiger partial charge is 0.354 e. The molecule has 0 radical (unpaired) electrons. The van der Waals surface area contributed by atoms with Crippen molar-refractivity contribution in [2.75, 3.05) is 0 Å². The molecule has 0 saturated carbocycles. The predicted molar refractivity (Wildman–Crippen MR) is 66.7 cm³/mol. The standard InChI is InChI=1S/C14H13NO3/c1-10-2-4-12(5-3-10)18-9-11-6-7-15-13(8-11)14(16)17/h2-8H,9H2,1H3,(H,16,17). The number of ether oxygens (including phenoxy) is 1. The lowest BCUT2D eigenvalue weighted by Crippen LogP contribution is -2.02. The van der Waals surface area contributed by atoms with E-state index in [4.69, 9.17) is 9.84 Å². The number of benzene rings is 1. The minimum atomic E-state index is -1.04. The molecule has 0 amide bonds. The Morgan fingerprint density at radius 1 is 1.28 bits per heavy atom. The number of aromatic carboxylic acids is 1. The maximum absolute atomic E-state index is 10.8. The summed E-state index contributed by atoms with van der Waals surface area (Å²) in [6.45, 7) is 2.33. The number of carbonyl (C=O) groups is 1. The number of pyridine rings is 1. The zero-order valence-electron chi connectivity index (χ0n) is 9.96. The van der Waals surface area contributed by atoms with E-state index in [0.29, 0.717) is 6.61 Å². The first-order chi connectivity index (χ1) is 8.65. The summed E-state index contributed by atoms with van der Waals surface area (Å²) in [6.07, 6.45) is 1.47. The summed E-state index contributed by atoms with van der Waals surface area (Å²) in [6, 6.07) is 10.9. The molecule has 2 rings (SSSR count). The first kappa shape index (κ1) is 12.1. The highest BCUT2D eigenvalue weighted by Gasteiger charge is 2.05. The van der Waals surface area contributed by atoms with Crippen LogP contribution in [0.3, 0.4) is 0 Å². The lowest BCUT2D eigenvalue weighted by molar-refractivity contribution is 0.0690. The van der Waals surface area contributed by atoms with Gasteiger partial charge in [0.1, 0.15) is 18.1 Å². The summed E-state index contributed by atoms with van der Waals surface area (Å²) in [5, 5.41) is 8.82. The van der Waals surface area contributed by atoms with Gasteiger partial charge in [0.25, 0.3) is 0 Å². The summed E-state index contributed by atoms with van der Waals surface area (Å²) in [4.78, 5) is 14.5. The highest BCUT2D eigenvalue weighted by atomic mass is 16.5. The van der Waals surface area contributed by atoms with Crippen LogP contribution in [0.2, 0.25) is 0 Å². The Balaban J connectivity index is 2.04. The van der Waals surface area contributed by atoms with Crippen LogP contribution in [0.5, 0.6) is 5.75 Å². The van der Waals surface area contributed by atoms with Crippen LogP contribution < -0.4 is 4.74 Å². The number of carboxylic acids is 1. The molecule has 4 nitrogen and oxygen atoms in total. The Kier molecular flexibility index (Phi) is 3.57. The van der Waals surface area contributed by atoms with Crippen molar-refractivity contribution >= 4 is 5.97 Å². The first-order valence-corrected chi connectivity index (χ1v) is 5.53. The highest BCUT2D eigenvalue weighted by molar-refractivity contribution is 5.85. The molecule has 0 atom stereocenters. The SMILES string of the molecule is Cc1ccc(OCc2ccnc(C(=O)O)c2)cc1. The van der Waals surface area contributed by atoms with E-state index in [9.17, 15) is 4.79 Å². The van der Waals surface area contributed by atoms with Crippen LogP contribution in [0.4, 0.5) is 0 Å². The lowest BCUT2D eigenvalue weighted by atomic mass is 10.2. The minimum Gasteiger partial charge on any atom is -0.489 e. The third-order valence-electron chi connectivity index (χ3n) is 2.47. The van der Waals surface area contributed by atoms with Gasteiger partial charge in [0, 0.05) is 6.20 Å². The lowest BCUT2D eigenvalue weighted by Gasteiger charge is -2.06. The van der Waals surface area contributed by atoms with Crippen LogP contribution >= 0.6 is 0 Å². The molecule has 0 bridgehead atoms. The van der Waals surface area contributed by atoms with Gasteiger partial charge in [0.05, 0.1) is 0 Å². The van der Waals surface area contributed by atoms with E-state index < -0.39 is 5.97 Å². The summed E-state index contributed by atoms with van der Waals surface area (Å²) in [5.74, 6) is -0.276. The normalized spacial score (nSPS) is 10.1. The van der Waals surface area contributed by atoms with Crippen LogP contribution in [0.1, 0.15) is 21.6 Å². The molecule has 0 spiro atoms. The maximum Gasteiger partial charge on any atom is 0.354 e. The Morgan fingerprint density at radius 3 is 2.67 bits per heavy atom. The second kappa shape index (κ2) is 5.31.